The van der Waals surface area contributed by atoms with Crippen LogP contribution in [0, 0.1) is 20.7 Å². The van der Waals surface area contributed by atoms with E-state index in [9.17, 15) is 4.39 Å². The molecular formula is C14H20FIN2. The molecule has 0 saturated carbocycles. The Kier molecular flexibility index (Phi) is 3.76. The van der Waals surface area contributed by atoms with Crippen molar-refractivity contribution in [3.05, 3.63) is 21.5 Å². The van der Waals surface area contributed by atoms with Crippen LogP contribution < -0.4 is 10.6 Å². The molecule has 0 aromatic heterocycles. The summed E-state index contributed by atoms with van der Waals surface area (Å²) in [5.74, 6) is 0.457. The van der Waals surface area contributed by atoms with Crippen molar-refractivity contribution >= 4 is 34.0 Å². The molecule has 0 bridgehead atoms. The molecule has 4 heteroatoms. The van der Waals surface area contributed by atoms with Crippen molar-refractivity contribution in [2.24, 2.45) is 11.3 Å². The zero-order valence-electron chi connectivity index (χ0n) is 11.1. The minimum Gasteiger partial charge on any atom is -0.397 e. The van der Waals surface area contributed by atoms with Crippen LogP contribution in [-0.2, 0) is 0 Å². The molecule has 1 saturated heterocycles. The van der Waals surface area contributed by atoms with E-state index >= 15 is 0 Å². The van der Waals surface area contributed by atoms with Gasteiger partial charge in [-0.25, -0.2) is 4.39 Å². The van der Waals surface area contributed by atoms with Crippen molar-refractivity contribution in [1.29, 1.82) is 0 Å². The molecule has 1 heterocycles. The van der Waals surface area contributed by atoms with Crippen LogP contribution in [-0.4, -0.2) is 13.1 Å². The first-order valence-corrected chi connectivity index (χ1v) is 7.36. The van der Waals surface area contributed by atoms with Crippen LogP contribution in [0.3, 0.4) is 0 Å². The Morgan fingerprint density at radius 1 is 1.39 bits per heavy atom. The Bertz CT molecular complexity index is 454. The highest BCUT2D eigenvalue weighted by Crippen LogP contribution is 2.37. The van der Waals surface area contributed by atoms with Crippen molar-refractivity contribution < 1.29 is 4.39 Å². The average molecular weight is 362 g/mol. The number of nitrogen functional groups attached to an aromatic ring is 1. The van der Waals surface area contributed by atoms with Gasteiger partial charge in [-0.2, -0.15) is 0 Å². The standard InChI is InChI=1S/C14H20FIN2/c1-14(2,3)9-4-5-18(8-9)13-6-10(15)11(16)7-12(13)17/h6-7,9H,4-5,8,17H2,1-3H3. The van der Waals surface area contributed by atoms with Gasteiger partial charge in [0.05, 0.1) is 14.9 Å². The molecule has 0 radical (unpaired) electrons. The van der Waals surface area contributed by atoms with E-state index < -0.39 is 0 Å². The van der Waals surface area contributed by atoms with E-state index in [1.165, 1.54) is 0 Å². The zero-order valence-corrected chi connectivity index (χ0v) is 13.3. The third-order valence-corrected chi connectivity index (χ3v) is 4.65. The van der Waals surface area contributed by atoms with Crippen LogP contribution in [0.4, 0.5) is 15.8 Å². The smallest absolute Gasteiger partial charge is 0.138 e. The predicted octanol–water partition coefficient (Wildman–Crippen LogP) is 3.88. The van der Waals surface area contributed by atoms with E-state index in [0.29, 0.717) is 20.6 Å². The molecule has 1 aromatic rings. The summed E-state index contributed by atoms with van der Waals surface area (Å²) in [4.78, 5) is 2.21. The van der Waals surface area contributed by atoms with Crippen LogP contribution in [0.5, 0.6) is 0 Å². The molecule has 1 aliphatic heterocycles. The van der Waals surface area contributed by atoms with Gasteiger partial charge in [0.1, 0.15) is 5.82 Å². The summed E-state index contributed by atoms with van der Waals surface area (Å²) in [6, 6.07) is 3.29. The summed E-state index contributed by atoms with van der Waals surface area (Å²) in [6.45, 7) is 8.72. The summed E-state index contributed by atoms with van der Waals surface area (Å²) in [7, 11) is 0. The van der Waals surface area contributed by atoms with E-state index in [0.717, 1.165) is 25.2 Å². The molecule has 1 fully saturated rings. The van der Waals surface area contributed by atoms with Crippen LogP contribution in [0.25, 0.3) is 0 Å². The highest BCUT2D eigenvalue weighted by molar-refractivity contribution is 14.1. The molecule has 1 atom stereocenters. The summed E-state index contributed by atoms with van der Waals surface area (Å²) < 4.78 is 14.2. The maximum Gasteiger partial charge on any atom is 0.138 e. The van der Waals surface area contributed by atoms with Gasteiger partial charge in [-0.1, -0.05) is 20.8 Å². The first-order valence-electron chi connectivity index (χ1n) is 6.28. The third kappa shape index (κ3) is 2.73. The van der Waals surface area contributed by atoms with Crippen molar-refractivity contribution in [1.82, 2.24) is 0 Å². The van der Waals surface area contributed by atoms with Gasteiger partial charge < -0.3 is 10.6 Å². The molecule has 0 aliphatic carbocycles. The zero-order chi connectivity index (χ0) is 13.5. The predicted molar refractivity (Wildman–Crippen MR) is 83.3 cm³/mol. The fraction of sp³-hybridized carbons (Fsp3) is 0.571. The van der Waals surface area contributed by atoms with Gasteiger partial charge in [0.25, 0.3) is 0 Å². The van der Waals surface area contributed by atoms with Crippen molar-refractivity contribution in [2.75, 3.05) is 23.7 Å². The lowest BCUT2D eigenvalue weighted by molar-refractivity contribution is 0.263. The number of hydrogen-bond donors (Lipinski definition) is 1. The van der Waals surface area contributed by atoms with Crippen molar-refractivity contribution in [2.45, 2.75) is 27.2 Å². The summed E-state index contributed by atoms with van der Waals surface area (Å²) >= 11 is 1.97. The second-order valence-electron chi connectivity index (χ2n) is 6.12. The number of halogens is 2. The summed E-state index contributed by atoms with van der Waals surface area (Å²) in [5.41, 5.74) is 7.83. The molecule has 2 nitrogen and oxygen atoms in total. The Balaban J connectivity index is 2.22. The lowest BCUT2D eigenvalue weighted by atomic mass is 9.80. The first kappa shape index (κ1) is 13.9. The number of anilines is 2. The minimum atomic E-state index is -0.181. The lowest BCUT2D eigenvalue weighted by Gasteiger charge is -2.28. The first-order chi connectivity index (χ1) is 8.29. The van der Waals surface area contributed by atoms with Gasteiger partial charge in [-0.05, 0) is 46.4 Å². The average Bonchev–Trinajstić information content (AvgIpc) is 2.72. The second kappa shape index (κ2) is 4.87. The van der Waals surface area contributed by atoms with E-state index in [1.807, 2.05) is 22.6 Å². The molecule has 1 aromatic carbocycles. The molecule has 100 valence electrons. The maximum atomic E-state index is 13.7. The van der Waals surface area contributed by atoms with Crippen LogP contribution in [0.2, 0.25) is 0 Å². The topological polar surface area (TPSA) is 29.3 Å². The van der Waals surface area contributed by atoms with Gasteiger partial charge in [0.2, 0.25) is 0 Å². The quantitative estimate of drug-likeness (QED) is 0.607. The normalized spacial score (nSPS) is 20.5. The molecule has 0 amide bonds. The fourth-order valence-electron chi connectivity index (χ4n) is 2.51. The molecule has 1 unspecified atom stereocenters. The molecule has 18 heavy (non-hydrogen) atoms. The van der Waals surface area contributed by atoms with Gasteiger partial charge in [-0.3, -0.25) is 0 Å². The van der Waals surface area contributed by atoms with Gasteiger partial charge in [0, 0.05) is 19.2 Å². The Hall–Kier alpha value is -0.520. The van der Waals surface area contributed by atoms with Crippen LogP contribution >= 0.6 is 22.6 Å². The van der Waals surface area contributed by atoms with Gasteiger partial charge >= 0.3 is 0 Å². The van der Waals surface area contributed by atoms with Crippen LogP contribution in [0.15, 0.2) is 12.1 Å². The molecular weight excluding hydrogens is 342 g/mol. The van der Waals surface area contributed by atoms with Crippen molar-refractivity contribution in [3.8, 4) is 0 Å². The third-order valence-electron chi connectivity index (χ3n) is 3.82. The van der Waals surface area contributed by atoms with E-state index in [2.05, 4.69) is 25.7 Å². The Morgan fingerprint density at radius 2 is 2.06 bits per heavy atom. The van der Waals surface area contributed by atoms with Gasteiger partial charge in [-0.15, -0.1) is 0 Å². The number of rotatable bonds is 1. The second-order valence-corrected chi connectivity index (χ2v) is 7.28. The molecule has 0 spiro atoms. The number of benzene rings is 1. The van der Waals surface area contributed by atoms with E-state index in [1.54, 1.807) is 12.1 Å². The van der Waals surface area contributed by atoms with E-state index in [4.69, 9.17) is 5.73 Å². The lowest BCUT2D eigenvalue weighted by Crippen LogP contribution is -2.26. The maximum absolute atomic E-state index is 13.7. The van der Waals surface area contributed by atoms with Crippen LogP contribution in [0.1, 0.15) is 27.2 Å². The number of nitrogens with zero attached hydrogens (tertiary/aromatic N) is 1. The SMILES string of the molecule is CC(C)(C)C1CCN(c2cc(F)c(I)cc2N)C1. The summed E-state index contributed by atoms with van der Waals surface area (Å²) in [5, 5.41) is 0. The minimum absolute atomic E-state index is 0.181. The number of hydrogen-bond acceptors (Lipinski definition) is 2. The molecule has 2 rings (SSSR count). The number of nitrogens with two attached hydrogens (primary N) is 1. The molecule has 2 N–H and O–H groups in total. The highest BCUT2D eigenvalue weighted by atomic mass is 127. The molecule has 1 aliphatic rings. The Morgan fingerprint density at radius 3 is 2.61 bits per heavy atom. The highest BCUT2D eigenvalue weighted by Gasteiger charge is 2.32. The monoisotopic (exact) mass is 362 g/mol. The van der Waals surface area contributed by atoms with E-state index in [-0.39, 0.29) is 5.82 Å². The summed E-state index contributed by atoms with van der Waals surface area (Å²) in [6.07, 6.45) is 1.15. The van der Waals surface area contributed by atoms with Gasteiger partial charge in [0.15, 0.2) is 0 Å². The van der Waals surface area contributed by atoms with Crippen molar-refractivity contribution in [3.63, 3.8) is 0 Å². The fourth-order valence-corrected chi connectivity index (χ4v) is 3.00. The Labute approximate surface area is 122 Å². The largest absolute Gasteiger partial charge is 0.397 e.